The smallest absolute Gasteiger partial charge is 0.272 e. The van der Waals surface area contributed by atoms with E-state index in [4.69, 9.17) is 0 Å². The third-order valence-corrected chi connectivity index (χ3v) is 5.71. The van der Waals surface area contributed by atoms with Crippen molar-refractivity contribution in [3.63, 3.8) is 0 Å². The highest BCUT2D eigenvalue weighted by atomic mass is 79.9. The van der Waals surface area contributed by atoms with E-state index in [0.717, 1.165) is 33.3 Å². The molecule has 0 saturated heterocycles. The first-order valence-electron chi connectivity index (χ1n) is 8.38. The van der Waals surface area contributed by atoms with Crippen LogP contribution in [0.4, 0.5) is 5.69 Å². The number of nitrogens with zero attached hydrogens (tertiary/aromatic N) is 1. The highest BCUT2D eigenvalue weighted by molar-refractivity contribution is 9.10. The van der Waals surface area contributed by atoms with Crippen LogP contribution >= 0.6 is 27.3 Å². The van der Waals surface area contributed by atoms with Gasteiger partial charge in [0.2, 0.25) is 0 Å². The van der Waals surface area contributed by atoms with Gasteiger partial charge >= 0.3 is 0 Å². The third-order valence-electron chi connectivity index (χ3n) is 4.32. The van der Waals surface area contributed by atoms with Crippen LogP contribution in [0.1, 0.15) is 16.1 Å². The summed E-state index contributed by atoms with van der Waals surface area (Å²) in [7, 11) is 0. The van der Waals surface area contributed by atoms with Crippen LogP contribution in [0, 0.1) is 0 Å². The van der Waals surface area contributed by atoms with Gasteiger partial charge in [0.05, 0.1) is 10.2 Å². The van der Waals surface area contributed by atoms with E-state index in [1.54, 1.807) is 11.3 Å². The van der Waals surface area contributed by atoms with E-state index in [1.807, 2.05) is 48.5 Å². The number of hydrogen-bond donors (Lipinski definition) is 1. The minimum absolute atomic E-state index is 0.0798. The van der Waals surface area contributed by atoms with E-state index in [9.17, 15) is 4.79 Å². The SMILES string of the molecule is O=C(Nc1ccc(Br)cc1)c1cc2sccc2n1CCc1ccccc1. The maximum absolute atomic E-state index is 12.9. The number of carbonyl (C=O) groups is 1. The number of aromatic nitrogens is 1. The lowest BCUT2D eigenvalue weighted by Crippen LogP contribution is -2.17. The fraction of sp³-hybridized carbons (Fsp3) is 0.0952. The monoisotopic (exact) mass is 424 g/mol. The molecule has 2 heterocycles. The average Bonchev–Trinajstić information content (AvgIpc) is 3.24. The molecule has 0 saturated carbocycles. The van der Waals surface area contributed by atoms with E-state index in [-0.39, 0.29) is 5.91 Å². The zero-order valence-corrected chi connectivity index (χ0v) is 16.4. The van der Waals surface area contributed by atoms with Gasteiger partial charge in [0.15, 0.2) is 0 Å². The normalized spacial score (nSPS) is 11.0. The van der Waals surface area contributed by atoms with E-state index < -0.39 is 0 Å². The van der Waals surface area contributed by atoms with Gasteiger partial charge < -0.3 is 9.88 Å². The molecule has 1 amide bonds. The van der Waals surface area contributed by atoms with Gasteiger partial charge in [-0.25, -0.2) is 0 Å². The molecule has 5 heteroatoms. The van der Waals surface area contributed by atoms with Crippen LogP contribution < -0.4 is 5.32 Å². The van der Waals surface area contributed by atoms with Crippen molar-refractivity contribution in [2.24, 2.45) is 0 Å². The van der Waals surface area contributed by atoms with E-state index >= 15 is 0 Å². The van der Waals surface area contributed by atoms with Crippen molar-refractivity contribution in [1.29, 1.82) is 0 Å². The van der Waals surface area contributed by atoms with Crippen molar-refractivity contribution in [2.75, 3.05) is 5.32 Å². The Labute approximate surface area is 164 Å². The number of fused-ring (bicyclic) bond motifs is 1. The maximum Gasteiger partial charge on any atom is 0.272 e. The summed E-state index contributed by atoms with van der Waals surface area (Å²) < 4.78 is 4.24. The molecule has 130 valence electrons. The molecule has 0 radical (unpaired) electrons. The van der Waals surface area contributed by atoms with Gasteiger partial charge in [0.25, 0.3) is 5.91 Å². The second-order valence-corrected chi connectivity index (χ2v) is 7.91. The van der Waals surface area contributed by atoms with Crippen LogP contribution in [-0.4, -0.2) is 10.5 Å². The summed E-state index contributed by atoms with van der Waals surface area (Å²) in [4.78, 5) is 12.9. The van der Waals surface area contributed by atoms with Gasteiger partial charge in [-0.3, -0.25) is 4.79 Å². The molecule has 0 atom stereocenters. The zero-order valence-electron chi connectivity index (χ0n) is 14.0. The van der Waals surface area contributed by atoms with Crippen LogP contribution in [0.3, 0.4) is 0 Å². The van der Waals surface area contributed by atoms with Crippen molar-refractivity contribution in [3.8, 4) is 0 Å². The summed E-state index contributed by atoms with van der Waals surface area (Å²) in [6.07, 6.45) is 0.888. The van der Waals surface area contributed by atoms with E-state index in [0.29, 0.717) is 5.69 Å². The molecule has 0 unspecified atom stereocenters. The Morgan fingerprint density at radius 3 is 2.58 bits per heavy atom. The molecule has 4 aromatic rings. The number of carbonyl (C=O) groups excluding carboxylic acids is 1. The second-order valence-electron chi connectivity index (χ2n) is 6.05. The Kier molecular flexibility index (Phi) is 4.91. The lowest BCUT2D eigenvalue weighted by atomic mass is 10.1. The lowest BCUT2D eigenvalue weighted by molar-refractivity contribution is 0.101. The molecule has 4 rings (SSSR count). The molecule has 0 aliphatic heterocycles. The van der Waals surface area contributed by atoms with Crippen LogP contribution in [-0.2, 0) is 13.0 Å². The Morgan fingerprint density at radius 2 is 1.81 bits per heavy atom. The van der Waals surface area contributed by atoms with E-state index in [1.165, 1.54) is 5.56 Å². The Balaban J connectivity index is 1.60. The number of halogens is 1. The second kappa shape index (κ2) is 7.48. The summed E-state index contributed by atoms with van der Waals surface area (Å²) in [5.74, 6) is -0.0798. The Hall–Kier alpha value is -2.37. The average molecular weight is 425 g/mol. The van der Waals surface area contributed by atoms with Crippen LogP contribution in [0.5, 0.6) is 0 Å². The number of thiophene rings is 1. The van der Waals surface area contributed by atoms with Crippen LogP contribution in [0.2, 0.25) is 0 Å². The Bertz CT molecular complexity index is 1040. The first-order valence-corrected chi connectivity index (χ1v) is 10.1. The first kappa shape index (κ1) is 17.1. The van der Waals surface area contributed by atoms with Gasteiger partial charge in [0, 0.05) is 16.7 Å². The predicted molar refractivity (Wildman–Crippen MR) is 112 cm³/mol. The van der Waals surface area contributed by atoms with Crippen LogP contribution in [0.25, 0.3) is 10.2 Å². The van der Waals surface area contributed by atoms with Crippen molar-refractivity contribution in [3.05, 3.63) is 87.8 Å². The Morgan fingerprint density at radius 1 is 1.04 bits per heavy atom. The summed E-state index contributed by atoms with van der Waals surface area (Å²) in [5.41, 5.74) is 3.87. The standard InChI is InChI=1S/C21H17BrN2OS/c22-16-6-8-17(9-7-16)23-21(25)19-14-20-18(11-13-26-20)24(19)12-10-15-4-2-1-3-5-15/h1-9,11,13-14H,10,12H2,(H,23,25). The summed E-state index contributed by atoms with van der Waals surface area (Å²) in [6.45, 7) is 0.771. The molecule has 0 aliphatic carbocycles. The largest absolute Gasteiger partial charge is 0.335 e. The molecule has 0 spiro atoms. The van der Waals surface area contributed by atoms with Crippen molar-refractivity contribution in [1.82, 2.24) is 4.57 Å². The topological polar surface area (TPSA) is 34.0 Å². The highest BCUT2D eigenvalue weighted by Crippen LogP contribution is 2.26. The zero-order chi connectivity index (χ0) is 17.9. The number of nitrogens with one attached hydrogen (secondary N) is 1. The minimum atomic E-state index is -0.0798. The summed E-state index contributed by atoms with van der Waals surface area (Å²) in [6, 6.07) is 22.0. The van der Waals surface area contributed by atoms with E-state index in [2.05, 4.69) is 49.4 Å². The molecule has 2 aromatic carbocycles. The molecular formula is C21H17BrN2OS. The molecule has 1 N–H and O–H groups in total. The molecule has 26 heavy (non-hydrogen) atoms. The first-order chi connectivity index (χ1) is 12.7. The number of aryl methyl sites for hydroxylation is 2. The molecule has 0 aliphatic rings. The number of hydrogen-bond acceptors (Lipinski definition) is 2. The lowest BCUT2D eigenvalue weighted by Gasteiger charge is -2.11. The predicted octanol–water partition coefficient (Wildman–Crippen LogP) is 5.96. The number of amides is 1. The minimum Gasteiger partial charge on any atom is -0.335 e. The number of benzene rings is 2. The van der Waals surface area contributed by atoms with Gasteiger partial charge in [0.1, 0.15) is 5.69 Å². The quantitative estimate of drug-likeness (QED) is 0.421. The number of anilines is 1. The fourth-order valence-corrected chi connectivity index (χ4v) is 4.11. The van der Waals surface area contributed by atoms with Crippen LogP contribution in [0.15, 0.2) is 76.6 Å². The third kappa shape index (κ3) is 3.59. The molecule has 2 aromatic heterocycles. The van der Waals surface area contributed by atoms with Crippen molar-refractivity contribution >= 4 is 49.1 Å². The van der Waals surface area contributed by atoms with Crippen molar-refractivity contribution in [2.45, 2.75) is 13.0 Å². The highest BCUT2D eigenvalue weighted by Gasteiger charge is 2.16. The maximum atomic E-state index is 12.9. The summed E-state index contributed by atoms with van der Waals surface area (Å²) >= 11 is 5.08. The fourth-order valence-electron chi connectivity index (χ4n) is 3.02. The van der Waals surface area contributed by atoms with Gasteiger partial charge in [-0.1, -0.05) is 46.3 Å². The van der Waals surface area contributed by atoms with Gasteiger partial charge in [-0.2, -0.15) is 0 Å². The summed E-state index contributed by atoms with van der Waals surface area (Å²) in [5, 5.41) is 5.07. The van der Waals surface area contributed by atoms with Crippen molar-refractivity contribution < 1.29 is 4.79 Å². The molecule has 0 bridgehead atoms. The molecular weight excluding hydrogens is 408 g/mol. The van der Waals surface area contributed by atoms with Gasteiger partial charge in [-0.05, 0) is 53.8 Å². The molecule has 0 fully saturated rings. The number of rotatable bonds is 5. The van der Waals surface area contributed by atoms with Gasteiger partial charge in [-0.15, -0.1) is 11.3 Å². The molecule has 3 nitrogen and oxygen atoms in total.